The standard InChI is InChI=1S/C27H32ClFN4O4/c1-16(23-21(35-4)8-7-20(29)24(23)28)37-26-25-18(14-31-27(26)30)19(15-36-25)17-9-12-33(13-10-17)22(34)6-5-11-32(2)3/h7-9,14-16H,5-6,10-13H2,1-4H3,(H2,30,31)/t16-/m1/s1. The molecule has 2 aromatic heterocycles. The smallest absolute Gasteiger partial charge is 0.222 e. The summed E-state index contributed by atoms with van der Waals surface area (Å²) in [4.78, 5) is 20.8. The van der Waals surface area contributed by atoms with Crippen LogP contribution in [0.5, 0.6) is 11.5 Å². The number of pyridine rings is 1. The van der Waals surface area contributed by atoms with Crippen molar-refractivity contribution in [3.05, 3.63) is 52.6 Å². The van der Waals surface area contributed by atoms with Gasteiger partial charge in [0.25, 0.3) is 0 Å². The Morgan fingerprint density at radius 2 is 2.16 bits per heavy atom. The summed E-state index contributed by atoms with van der Waals surface area (Å²) in [5.41, 5.74) is 8.89. The minimum absolute atomic E-state index is 0.0844. The molecule has 0 unspecified atom stereocenters. The predicted octanol–water partition coefficient (Wildman–Crippen LogP) is 5.31. The van der Waals surface area contributed by atoms with E-state index >= 15 is 0 Å². The molecule has 1 aliphatic heterocycles. The molecule has 3 aromatic rings. The SMILES string of the molecule is COc1ccc(F)c(Cl)c1[C@@H](C)Oc1c(N)ncc2c(C3=CCN(C(=O)CCCN(C)C)CC3)coc12. The average molecular weight is 531 g/mol. The number of nitrogens with zero attached hydrogens (tertiary/aromatic N) is 3. The predicted molar refractivity (Wildman–Crippen MR) is 142 cm³/mol. The van der Waals surface area contributed by atoms with E-state index in [1.807, 2.05) is 19.0 Å². The van der Waals surface area contributed by atoms with Crippen molar-refractivity contribution in [2.75, 3.05) is 46.6 Å². The lowest BCUT2D eigenvalue weighted by Crippen LogP contribution is -2.34. The molecular formula is C27H32ClFN4O4. The molecule has 198 valence electrons. The summed E-state index contributed by atoms with van der Waals surface area (Å²) in [6.07, 6.45) is 6.72. The highest BCUT2D eigenvalue weighted by Crippen LogP contribution is 2.42. The fourth-order valence-electron chi connectivity index (χ4n) is 4.53. The average Bonchev–Trinajstić information content (AvgIpc) is 3.31. The molecule has 0 radical (unpaired) electrons. The number of rotatable bonds is 9. The van der Waals surface area contributed by atoms with E-state index in [0.717, 1.165) is 29.5 Å². The Balaban J connectivity index is 1.56. The van der Waals surface area contributed by atoms with Crippen LogP contribution >= 0.6 is 11.6 Å². The number of fused-ring (bicyclic) bond motifs is 1. The van der Waals surface area contributed by atoms with Crippen molar-refractivity contribution < 1.29 is 23.1 Å². The Kier molecular flexibility index (Phi) is 8.24. The van der Waals surface area contributed by atoms with Crippen molar-refractivity contribution in [1.82, 2.24) is 14.8 Å². The Bertz CT molecular complexity index is 1320. The maximum atomic E-state index is 14.2. The largest absolute Gasteiger partial charge is 0.496 e. The summed E-state index contributed by atoms with van der Waals surface area (Å²) >= 11 is 6.23. The van der Waals surface area contributed by atoms with Gasteiger partial charge in [-0.05, 0) is 58.1 Å². The highest BCUT2D eigenvalue weighted by molar-refractivity contribution is 6.31. The summed E-state index contributed by atoms with van der Waals surface area (Å²) in [6.45, 7) is 3.79. The number of carbonyl (C=O) groups excluding carboxylic acids is 1. The van der Waals surface area contributed by atoms with Crippen LogP contribution in [-0.2, 0) is 4.79 Å². The van der Waals surface area contributed by atoms with E-state index in [4.69, 9.17) is 31.2 Å². The molecule has 0 spiro atoms. The Labute approximate surface area is 220 Å². The molecule has 1 aliphatic rings. The van der Waals surface area contributed by atoms with Crippen LogP contribution in [0.25, 0.3) is 16.5 Å². The first-order valence-electron chi connectivity index (χ1n) is 12.2. The number of amides is 1. The van der Waals surface area contributed by atoms with Gasteiger partial charge in [-0.3, -0.25) is 4.79 Å². The first kappa shape index (κ1) is 26.8. The number of nitrogen functional groups attached to an aromatic ring is 1. The molecule has 8 nitrogen and oxygen atoms in total. The summed E-state index contributed by atoms with van der Waals surface area (Å²) in [5.74, 6) is 0.365. The molecule has 0 bridgehead atoms. The van der Waals surface area contributed by atoms with Gasteiger partial charge in [0.2, 0.25) is 11.7 Å². The number of hydrogen-bond donors (Lipinski definition) is 1. The summed E-state index contributed by atoms with van der Waals surface area (Å²) < 4.78 is 31.6. The van der Waals surface area contributed by atoms with Gasteiger partial charge >= 0.3 is 0 Å². The number of nitrogens with two attached hydrogens (primary N) is 1. The number of benzene rings is 1. The van der Waals surface area contributed by atoms with Gasteiger partial charge in [0.05, 0.1) is 29.3 Å². The molecule has 2 N–H and O–H groups in total. The zero-order valence-corrected chi connectivity index (χ0v) is 22.3. The molecule has 10 heteroatoms. The topological polar surface area (TPSA) is 94.1 Å². The van der Waals surface area contributed by atoms with Crippen molar-refractivity contribution >= 4 is 39.9 Å². The highest BCUT2D eigenvalue weighted by Gasteiger charge is 2.25. The van der Waals surface area contributed by atoms with Gasteiger partial charge in [-0.1, -0.05) is 17.7 Å². The minimum atomic E-state index is -0.706. The van der Waals surface area contributed by atoms with Crippen LogP contribution in [0.2, 0.25) is 5.02 Å². The van der Waals surface area contributed by atoms with Crippen molar-refractivity contribution in [2.45, 2.75) is 32.3 Å². The monoisotopic (exact) mass is 530 g/mol. The van der Waals surface area contributed by atoms with E-state index in [9.17, 15) is 9.18 Å². The number of halogens is 2. The number of anilines is 1. The molecule has 0 fully saturated rings. The summed E-state index contributed by atoms with van der Waals surface area (Å²) in [6, 6.07) is 2.73. The van der Waals surface area contributed by atoms with Crippen LogP contribution in [0, 0.1) is 5.82 Å². The molecule has 4 rings (SSSR count). The normalized spacial score (nSPS) is 14.7. The van der Waals surface area contributed by atoms with E-state index in [0.29, 0.717) is 42.8 Å². The fourth-order valence-corrected chi connectivity index (χ4v) is 4.84. The molecule has 1 aromatic carbocycles. The number of furan rings is 1. The van der Waals surface area contributed by atoms with Gasteiger partial charge in [0.15, 0.2) is 11.4 Å². The Hall–Kier alpha value is -3.30. The second-order valence-corrected chi connectivity index (χ2v) is 9.71. The van der Waals surface area contributed by atoms with Crippen LogP contribution in [0.1, 0.15) is 43.4 Å². The maximum absolute atomic E-state index is 14.2. The highest BCUT2D eigenvalue weighted by atomic mass is 35.5. The van der Waals surface area contributed by atoms with Gasteiger partial charge in [-0.2, -0.15) is 0 Å². The van der Waals surface area contributed by atoms with Gasteiger partial charge in [-0.15, -0.1) is 0 Å². The van der Waals surface area contributed by atoms with E-state index in [2.05, 4.69) is 16.0 Å². The molecule has 0 saturated carbocycles. The lowest BCUT2D eigenvalue weighted by molar-refractivity contribution is -0.130. The van der Waals surface area contributed by atoms with Crippen molar-refractivity contribution in [2.24, 2.45) is 0 Å². The molecule has 37 heavy (non-hydrogen) atoms. The van der Waals surface area contributed by atoms with Gasteiger partial charge in [0, 0.05) is 31.3 Å². The van der Waals surface area contributed by atoms with Crippen LogP contribution in [0.4, 0.5) is 10.2 Å². The van der Waals surface area contributed by atoms with E-state index < -0.39 is 11.9 Å². The quantitative estimate of drug-likeness (QED) is 0.400. The molecule has 3 heterocycles. The molecule has 1 atom stereocenters. The third-order valence-electron chi connectivity index (χ3n) is 6.52. The number of ether oxygens (including phenoxy) is 2. The Morgan fingerprint density at radius 3 is 2.84 bits per heavy atom. The van der Waals surface area contributed by atoms with Crippen LogP contribution < -0.4 is 15.2 Å². The van der Waals surface area contributed by atoms with Crippen LogP contribution in [-0.4, -0.2) is 61.5 Å². The molecule has 1 amide bonds. The van der Waals surface area contributed by atoms with Crippen molar-refractivity contribution in [3.8, 4) is 11.5 Å². The number of carbonyl (C=O) groups is 1. The van der Waals surface area contributed by atoms with E-state index in [1.54, 1.807) is 19.4 Å². The number of aromatic nitrogens is 1. The van der Waals surface area contributed by atoms with E-state index in [-0.39, 0.29) is 22.5 Å². The maximum Gasteiger partial charge on any atom is 0.222 e. The second kappa shape index (κ2) is 11.4. The lowest BCUT2D eigenvalue weighted by Gasteiger charge is -2.26. The van der Waals surface area contributed by atoms with E-state index in [1.165, 1.54) is 19.2 Å². The van der Waals surface area contributed by atoms with Crippen LogP contribution in [0.3, 0.4) is 0 Å². The van der Waals surface area contributed by atoms with Gasteiger partial charge < -0.3 is 29.4 Å². The fraction of sp³-hybridized carbons (Fsp3) is 0.407. The molecule has 0 aliphatic carbocycles. The zero-order valence-electron chi connectivity index (χ0n) is 21.5. The molecule has 0 saturated heterocycles. The van der Waals surface area contributed by atoms with Crippen LogP contribution in [0.15, 0.2) is 35.1 Å². The van der Waals surface area contributed by atoms with Gasteiger partial charge in [0.1, 0.15) is 17.7 Å². The summed E-state index contributed by atoms with van der Waals surface area (Å²) in [5, 5.41) is 0.657. The number of hydrogen-bond acceptors (Lipinski definition) is 7. The summed E-state index contributed by atoms with van der Waals surface area (Å²) in [7, 11) is 5.48. The van der Waals surface area contributed by atoms with Gasteiger partial charge in [-0.25, -0.2) is 9.37 Å². The first-order valence-corrected chi connectivity index (χ1v) is 12.5. The lowest BCUT2D eigenvalue weighted by atomic mass is 9.99. The third kappa shape index (κ3) is 5.67. The van der Waals surface area contributed by atoms with Crippen molar-refractivity contribution in [3.63, 3.8) is 0 Å². The Morgan fingerprint density at radius 1 is 1.38 bits per heavy atom. The number of methoxy groups -OCH3 is 1. The zero-order chi connectivity index (χ0) is 26.7. The second-order valence-electron chi connectivity index (χ2n) is 9.33. The minimum Gasteiger partial charge on any atom is -0.496 e. The van der Waals surface area contributed by atoms with Crippen molar-refractivity contribution in [1.29, 1.82) is 0 Å². The molecular weight excluding hydrogens is 499 g/mol. The first-order chi connectivity index (χ1) is 17.7. The third-order valence-corrected chi connectivity index (χ3v) is 6.90.